The minimum Gasteiger partial charge on any atom is -0.458 e. The molecule has 3 rings (SSSR count). The third-order valence-electron chi connectivity index (χ3n) is 5.28. The van der Waals surface area contributed by atoms with Crippen LogP contribution in [0.3, 0.4) is 0 Å². The number of nitrogens with two attached hydrogens (primary N) is 2. The van der Waals surface area contributed by atoms with Gasteiger partial charge in [0, 0.05) is 17.5 Å². The van der Waals surface area contributed by atoms with Crippen LogP contribution in [0.5, 0.6) is 5.75 Å². The van der Waals surface area contributed by atoms with E-state index in [1.54, 1.807) is 48.5 Å². The molecule has 6 nitrogen and oxygen atoms in total. The molecule has 0 amide bonds. The smallest absolute Gasteiger partial charge is 0.331 e. The summed E-state index contributed by atoms with van der Waals surface area (Å²) >= 11 is 0. The highest BCUT2D eigenvalue weighted by Crippen LogP contribution is 2.29. The van der Waals surface area contributed by atoms with E-state index >= 15 is 0 Å². The summed E-state index contributed by atoms with van der Waals surface area (Å²) in [5, 5.41) is 0. The SMILES string of the molecule is CC1CCC(C(=O)Oc2ccc(C=CC(=O)OCc3cc(N)cc(N)c3)cc2)CC1. The molecule has 0 atom stereocenters. The van der Waals surface area contributed by atoms with Crippen molar-refractivity contribution in [3.8, 4) is 5.75 Å². The Hall–Kier alpha value is -3.28. The monoisotopic (exact) mass is 408 g/mol. The number of benzene rings is 2. The molecule has 0 radical (unpaired) electrons. The van der Waals surface area contributed by atoms with Crippen molar-refractivity contribution in [3.63, 3.8) is 0 Å². The van der Waals surface area contributed by atoms with E-state index in [0.717, 1.165) is 36.8 Å². The van der Waals surface area contributed by atoms with Gasteiger partial charge in [0.15, 0.2) is 0 Å². The number of anilines is 2. The van der Waals surface area contributed by atoms with Crippen molar-refractivity contribution < 1.29 is 19.1 Å². The van der Waals surface area contributed by atoms with E-state index in [9.17, 15) is 9.59 Å². The van der Waals surface area contributed by atoms with E-state index in [2.05, 4.69) is 6.92 Å². The number of rotatable bonds is 6. The van der Waals surface area contributed by atoms with Crippen LogP contribution in [-0.2, 0) is 20.9 Å². The average molecular weight is 408 g/mol. The standard InChI is InChI=1S/C24H28N2O4/c1-16-2-7-19(8-3-16)24(28)30-22-9-4-17(5-10-22)6-11-23(27)29-15-18-12-20(25)14-21(26)13-18/h4-6,9-14,16,19H,2-3,7-8,15,25-26H2,1H3. The first-order valence-corrected chi connectivity index (χ1v) is 10.2. The molecule has 2 aromatic rings. The van der Waals surface area contributed by atoms with Gasteiger partial charge in [0.1, 0.15) is 12.4 Å². The second kappa shape index (κ2) is 9.96. The Balaban J connectivity index is 1.47. The summed E-state index contributed by atoms with van der Waals surface area (Å²) in [7, 11) is 0. The lowest BCUT2D eigenvalue weighted by Crippen LogP contribution is -2.24. The predicted molar refractivity (Wildman–Crippen MR) is 117 cm³/mol. The summed E-state index contributed by atoms with van der Waals surface area (Å²) in [4.78, 5) is 24.2. The number of esters is 2. The van der Waals surface area contributed by atoms with Crippen LogP contribution < -0.4 is 16.2 Å². The number of hydrogen-bond donors (Lipinski definition) is 2. The highest BCUT2D eigenvalue weighted by molar-refractivity contribution is 5.87. The van der Waals surface area contributed by atoms with E-state index < -0.39 is 5.97 Å². The summed E-state index contributed by atoms with van der Waals surface area (Å²) in [6.45, 7) is 2.31. The number of nitrogen functional groups attached to an aromatic ring is 2. The van der Waals surface area contributed by atoms with Crippen LogP contribution in [-0.4, -0.2) is 11.9 Å². The topological polar surface area (TPSA) is 105 Å². The van der Waals surface area contributed by atoms with Crippen molar-refractivity contribution in [1.29, 1.82) is 0 Å². The molecule has 6 heteroatoms. The third kappa shape index (κ3) is 6.37. The zero-order valence-corrected chi connectivity index (χ0v) is 17.2. The first kappa shape index (κ1) is 21.4. The van der Waals surface area contributed by atoms with E-state index in [1.807, 2.05) is 0 Å². The summed E-state index contributed by atoms with van der Waals surface area (Å²) in [6, 6.07) is 12.1. The highest BCUT2D eigenvalue weighted by Gasteiger charge is 2.25. The van der Waals surface area contributed by atoms with Crippen molar-refractivity contribution in [2.75, 3.05) is 11.5 Å². The van der Waals surface area contributed by atoms with Crippen LogP contribution in [0.4, 0.5) is 11.4 Å². The lowest BCUT2D eigenvalue weighted by Gasteiger charge is -2.24. The summed E-state index contributed by atoms with van der Waals surface area (Å²) < 4.78 is 10.7. The molecule has 0 saturated heterocycles. The zero-order chi connectivity index (χ0) is 21.5. The predicted octanol–water partition coefficient (Wildman–Crippen LogP) is 4.34. The molecule has 1 aliphatic rings. The van der Waals surface area contributed by atoms with Crippen LogP contribution in [0.15, 0.2) is 48.5 Å². The lowest BCUT2D eigenvalue weighted by atomic mass is 9.83. The van der Waals surface area contributed by atoms with Gasteiger partial charge in [-0.2, -0.15) is 0 Å². The van der Waals surface area contributed by atoms with Gasteiger partial charge in [-0.15, -0.1) is 0 Å². The van der Waals surface area contributed by atoms with Crippen molar-refractivity contribution in [2.24, 2.45) is 11.8 Å². The Labute approximate surface area is 176 Å². The molecular formula is C24H28N2O4. The van der Waals surface area contributed by atoms with Crippen molar-refractivity contribution in [2.45, 2.75) is 39.2 Å². The fourth-order valence-corrected chi connectivity index (χ4v) is 3.54. The fourth-order valence-electron chi connectivity index (χ4n) is 3.54. The van der Waals surface area contributed by atoms with Gasteiger partial charge in [-0.25, -0.2) is 4.79 Å². The fraction of sp³-hybridized carbons (Fsp3) is 0.333. The molecule has 158 valence electrons. The largest absolute Gasteiger partial charge is 0.458 e. The molecule has 0 bridgehead atoms. The normalized spacial score (nSPS) is 18.8. The van der Waals surface area contributed by atoms with Gasteiger partial charge in [0.05, 0.1) is 5.92 Å². The lowest BCUT2D eigenvalue weighted by molar-refractivity contribution is -0.140. The van der Waals surface area contributed by atoms with Crippen molar-refractivity contribution in [3.05, 3.63) is 59.7 Å². The second-order valence-electron chi connectivity index (χ2n) is 7.90. The van der Waals surface area contributed by atoms with Crippen LogP contribution in [0.25, 0.3) is 6.08 Å². The van der Waals surface area contributed by atoms with Gasteiger partial charge >= 0.3 is 11.9 Å². The summed E-state index contributed by atoms with van der Waals surface area (Å²) in [5.41, 5.74) is 14.0. The Bertz CT molecular complexity index is 893. The third-order valence-corrected chi connectivity index (χ3v) is 5.28. The Kier molecular flexibility index (Phi) is 7.12. The quantitative estimate of drug-likeness (QED) is 0.319. The molecule has 4 N–H and O–H groups in total. The first-order valence-electron chi connectivity index (χ1n) is 10.2. The number of ether oxygens (including phenoxy) is 2. The van der Waals surface area contributed by atoms with Crippen molar-refractivity contribution >= 4 is 29.4 Å². The number of carbonyl (C=O) groups excluding carboxylic acids is 2. The molecule has 1 aliphatic carbocycles. The summed E-state index contributed by atoms with van der Waals surface area (Å²) in [6.07, 6.45) is 6.93. The Morgan fingerprint density at radius 2 is 1.63 bits per heavy atom. The van der Waals surface area contributed by atoms with Gasteiger partial charge < -0.3 is 20.9 Å². The van der Waals surface area contributed by atoms with Crippen molar-refractivity contribution in [1.82, 2.24) is 0 Å². The minimum atomic E-state index is -0.474. The minimum absolute atomic E-state index is 0.00847. The van der Waals surface area contributed by atoms with Crippen LogP contribution in [0, 0.1) is 11.8 Å². The van der Waals surface area contributed by atoms with Gasteiger partial charge in [-0.3, -0.25) is 4.79 Å². The number of hydrogen-bond acceptors (Lipinski definition) is 6. The zero-order valence-electron chi connectivity index (χ0n) is 17.2. The molecule has 0 aromatic heterocycles. The molecule has 0 aliphatic heterocycles. The Morgan fingerprint density at radius 3 is 2.27 bits per heavy atom. The maximum Gasteiger partial charge on any atom is 0.331 e. The van der Waals surface area contributed by atoms with E-state index in [0.29, 0.717) is 23.0 Å². The molecule has 0 spiro atoms. The van der Waals surface area contributed by atoms with Crippen LogP contribution in [0.2, 0.25) is 0 Å². The average Bonchev–Trinajstić information content (AvgIpc) is 2.71. The van der Waals surface area contributed by atoms with Gasteiger partial charge in [-0.05, 0) is 79.1 Å². The molecule has 1 fully saturated rings. The summed E-state index contributed by atoms with van der Waals surface area (Å²) in [5.74, 6) is 0.563. The van der Waals surface area contributed by atoms with Gasteiger partial charge in [0.2, 0.25) is 0 Å². The first-order chi connectivity index (χ1) is 14.4. The Morgan fingerprint density at radius 1 is 1.00 bits per heavy atom. The van der Waals surface area contributed by atoms with E-state index in [4.69, 9.17) is 20.9 Å². The van der Waals surface area contributed by atoms with Gasteiger partial charge in [0.25, 0.3) is 0 Å². The molecule has 1 saturated carbocycles. The molecule has 2 aromatic carbocycles. The molecule has 0 unspecified atom stereocenters. The van der Waals surface area contributed by atoms with Gasteiger partial charge in [-0.1, -0.05) is 19.1 Å². The molecule has 0 heterocycles. The number of carbonyl (C=O) groups is 2. The van der Waals surface area contributed by atoms with Crippen LogP contribution >= 0.6 is 0 Å². The maximum absolute atomic E-state index is 12.3. The van der Waals surface area contributed by atoms with Crippen LogP contribution in [0.1, 0.15) is 43.7 Å². The van der Waals surface area contributed by atoms with E-state index in [-0.39, 0.29) is 18.5 Å². The second-order valence-corrected chi connectivity index (χ2v) is 7.90. The molecular weight excluding hydrogens is 380 g/mol. The van der Waals surface area contributed by atoms with E-state index in [1.165, 1.54) is 6.08 Å². The maximum atomic E-state index is 12.3. The highest BCUT2D eigenvalue weighted by atomic mass is 16.5. The molecule has 30 heavy (non-hydrogen) atoms.